The van der Waals surface area contributed by atoms with Crippen LogP contribution >= 0.6 is 12.2 Å². The van der Waals surface area contributed by atoms with Crippen LogP contribution in [0.1, 0.15) is 63.9 Å². The summed E-state index contributed by atoms with van der Waals surface area (Å²) in [5.41, 5.74) is 7.23. The molecule has 0 bridgehead atoms. The highest BCUT2D eigenvalue weighted by atomic mass is 32.1. The van der Waals surface area contributed by atoms with E-state index >= 15 is 0 Å². The minimum atomic E-state index is 0.452. The highest BCUT2D eigenvalue weighted by Gasteiger charge is 2.12. The normalized spacial score (nSPS) is 12.1. The van der Waals surface area contributed by atoms with Gasteiger partial charge in [0.05, 0.1) is 0 Å². The Labute approximate surface area is 135 Å². The minimum Gasteiger partial charge on any atom is -0.376 e. The summed E-state index contributed by atoms with van der Waals surface area (Å²) in [6.45, 7) is 6.38. The number of rotatable bonds is 10. The summed E-state index contributed by atoms with van der Waals surface area (Å²) in [5, 5.41) is 0.534. The summed E-state index contributed by atoms with van der Waals surface area (Å²) < 4.78 is 0. The highest BCUT2D eigenvalue weighted by molar-refractivity contribution is 7.80. The van der Waals surface area contributed by atoms with Crippen LogP contribution < -0.4 is 5.73 Å². The molecule has 1 atom stereocenters. The average molecular weight is 307 g/mol. The molecule has 21 heavy (non-hydrogen) atoms. The van der Waals surface area contributed by atoms with Gasteiger partial charge in [0.25, 0.3) is 0 Å². The molecule has 0 amide bonds. The van der Waals surface area contributed by atoms with Gasteiger partial charge in [-0.2, -0.15) is 0 Å². The average Bonchev–Trinajstić information content (AvgIpc) is 2.50. The van der Waals surface area contributed by atoms with Crippen LogP contribution in [0.2, 0.25) is 0 Å². The fraction of sp³-hybridized carbons (Fsp3) is 0.611. The quantitative estimate of drug-likeness (QED) is 0.502. The highest BCUT2D eigenvalue weighted by Crippen LogP contribution is 2.16. The van der Waals surface area contributed by atoms with Crippen molar-refractivity contribution in [3.63, 3.8) is 0 Å². The van der Waals surface area contributed by atoms with Crippen LogP contribution in [0.4, 0.5) is 0 Å². The lowest BCUT2D eigenvalue weighted by Gasteiger charge is -2.26. The zero-order valence-corrected chi connectivity index (χ0v) is 14.4. The molecule has 1 rings (SSSR count). The van der Waals surface area contributed by atoms with Crippen LogP contribution in [0.15, 0.2) is 30.3 Å². The zero-order chi connectivity index (χ0) is 15.5. The van der Waals surface area contributed by atoms with Gasteiger partial charge in [0.1, 0.15) is 0 Å². The van der Waals surface area contributed by atoms with E-state index < -0.39 is 0 Å². The topological polar surface area (TPSA) is 29.3 Å². The third-order valence-electron chi connectivity index (χ3n) is 3.96. The van der Waals surface area contributed by atoms with Crippen molar-refractivity contribution in [3.8, 4) is 0 Å². The van der Waals surface area contributed by atoms with Gasteiger partial charge in [0.2, 0.25) is 0 Å². The second kappa shape index (κ2) is 10.6. The van der Waals surface area contributed by atoms with Crippen molar-refractivity contribution in [1.29, 1.82) is 0 Å². The molecule has 0 aliphatic carbocycles. The zero-order valence-electron chi connectivity index (χ0n) is 13.6. The molecule has 118 valence electrons. The predicted molar refractivity (Wildman–Crippen MR) is 96.6 cm³/mol. The lowest BCUT2D eigenvalue weighted by atomic mass is 10.0. The molecule has 1 unspecified atom stereocenters. The number of nitrogens with zero attached hydrogens (tertiary/aromatic N) is 1. The Bertz CT molecular complexity index is 391. The maximum absolute atomic E-state index is 5.88. The van der Waals surface area contributed by atoms with Crippen LogP contribution in [0.25, 0.3) is 0 Å². The fourth-order valence-corrected chi connectivity index (χ4v) is 2.76. The molecule has 0 aliphatic heterocycles. The molecule has 0 fully saturated rings. The maximum atomic E-state index is 5.88. The fourth-order valence-electron chi connectivity index (χ4n) is 2.59. The van der Waals surface area contributed by atoms with E-state index in [0.717, 1.165) is 13.1 Å². The molecular weight excluding hydrogens is 276 g/mol. The summed E-state index contributed by atoms with van der Waals surface area (Å²) in [7, 11) is 0. The van der Waals surface area contributed by atoms with Crippen LogP contribution in [-0.2, 0) is 0 Å². The molecule has 1 aromatic rings. The first-order valence-corrected chi connectivity index (χ1v) is 8.65. The third-order valence-corrected chi connectivity index (χ3v) is 4.21. The van der Waals surface area contributed by atoms with Crippen molar-refractivity contribution < 1.29 is 0 Å². The maximum Gasteiger partial charge on any atom is 0.166 e. The number of thiocarbonyl (C=S) groups is 1. The molecule has 0 aromatic heterocycles. The monoisotopic (exact) mass is 306 g/mol. The van der Waals surface area contributed by atoms with Crippen molar-refractivity contribution in [2.24, 2.45) is 5.73 Å². The van der Waals surface area contributed by atoms with E-state index in [1.165, 1.54) is 44.1 Å². The largest absolute Gasteiger partial charge is 0.376 e. The minimum absolute atomic E-state index is 0.452. The number of benzene rings is 1. The van der Waals surface area contributed by atoms with Crippen molar-refractivity contribution in [1.82, 2.24) is 4.90 Å². The van der Waals surface area contributed by atoms with Crippen LogP contribution in [-0.4, -0.2) is 23.1 Å². The van der Waals surface area contributed by atoms with E-state index in [0.29, 0.717) is 11.0 Å². The number of hydrogen-bond donors (Lipinski definition) is 1. The Balaban J connectivity index is 2.34. The Morgan fingerprint density at radius 3 is 2.33 bits per heavy atom. The standard InChI is InChI=1S/C18H30N2S/c1-3-4-5-6-7-11-14-20(18(19)21)15-16(2)17-12-9-8-10-13-17/h8-10,12-13,16H,3-7,11,14-15H2,1-2H3,(H2,19,21). The van der Waals surface area contributed by atoms with Gasteiger partial charge in [-0.1, -0.05) is 76.3 Å². The molecule has 2 nitrogen and oxygen atoms in total. The van der Waals surface area contributed by atoms with Gasteiger partial charge in [0, 0.05) is 13.1 Å². The summed E-state index contributed by atoms with van der Waals surface area (Å²) in [4.78, 5) is 2.16. The van der Waals surface area contributed by atoms with E-state index in [-0.39, 0.29) is 0 Å². The van der Waals surface area contributed by atoms with Crippen LogP contribution in [0.5, 0.6) is 0 Å². The number of hydrogen-bond acceptors (Lipinski definition) is 1. The van der Waals surface area contributed by atoms with Crippen molar-refractivity contribution in [2.75, 3.05) is 13.1 Å². The number of nitrogens with two attached hydrogens (primary N) is 1. The Hall–Kier alpha value is -1.09. The third kappa shape index (κ3) is 7.47. The lowest BCUT2D eigenvalue weighted by molar-refractivity contribution is 0.381. The molecule has 0 heterocycles. The van der Waals surface area contributed by atoms with Gasteiger partial charge in [-0.05, 0) is 30.1 Å². The molecule has 0 spiro atoms. The van der Waals surface area contributed by atoms with E-state index in [9.17, 15) is 0 Å². The molecule has 0 saturated carbocycles. The first-order valence-electron chi connectivity index (χ1n) is 8.24. The summed E-state index contributed by atoms with van der Waals surface area (Å²) in [6, 6.07) is 10.6. The van der Waals surface area contributed by atoms with E-state index in [1.807, 2.05) is 0 Å². The Morgan fingerprint density at radius 2 is 1.71 bits per heavy atom. The van der Waals surface area contributed by atoms with E-state index in [1.54, 1.807) is 0 Å². The van der Waals surface area contributed by atoms with Gasteiger partial charge >= 0.3 is 0 Å². The lowest BCUT2D eigenvalue weighted by Crippen LogP contribution is -2.38. The van der Waals surface area contributed by atoms with Gasteiger partial charge in [-0.15, -0.1) is 0 Å². The smallest absolute Gasteiger partial charge is 0.166 e. The van der Waals surface area contributed by atoms with Crippen LogP contribution in [0.3, 0.4) is 0 Å². The molecule has 3 heteroatoms. The molecule has 0 saturated heterocycles. The molecule has 0 aliphatic rings. The molecule has 2 N–H and O–H groups in total. The van der Waals surface area contributed by atoms with Gasteiger partial charge < -0.3 is 10.6 Å². The predicted octanol–water partition coefficient (Wildman–Crippen LogP) is 4.70. The van der Waals surface area contributed by atoms with E-state index in [2.05, 4.69) is 49.1 Å². The first-order chi connectivity index (χ1) is 10.1. The SMILES string of the molecule is CCCCCCCCN(CC(C)c1ccccc1)C(N)=S. The van der Waals surface area contributed by atoms with E-state index in [4.69, 9.17) is 18.0 Å². The molecule has 0 radical (unpaired) electrons. The van der Waals surface area contributed by atoms with Gasteiger partial charge in [0.15, 0.2) is 5.11 Å². The van der Waals surface area contributed by atoms with Crippen LogP contribution in [0, 0.1) is 0 Å². The second-order valence-corrected chi connectivity index (χ2v) is 6.28. The van der Waals surface area contributed by atoms with Crippen molar-refractivity contribution in [3.05, 3.63) is 35.9 Å². The molecule has 1 aromatic carbocycles. The summed E-state index contributed by atoms with van der Waals surface area (Å²) >= 11 is 5.21. The molecular formula is C18H30N2S. The second-order valence-electron chi connectivity index (χ2n) is 5.86. The summed E-state index contributed by atoms with van der Waals surface area (Å²) in [5.74, 6) is 0.452. The Kier molecular flexibility index (Phi) is 9.07. The van der Waals surface area contributed by atoms with Crippen molar-refractivity contribution >= 4 is 17.3 Å². The van der Waals surface area contributed by atoms with Gasteiger partial charge in [-0.3, -0.25) is 0 Å². The Morgan fingerprint density at radius 1 is 1.10 bits per heavy atom. The van der Waals surface area contributed by atoms with Gasteiger partial charge in [-0.25, -0.2) is 0 Å². The number of unbranched alkanes of at least 4 members (excludes halogenated alkanes) is 5. The summed E-state index contributed by atoms with van der Waals surface area (Å²) in [6.07, 6.45) is 7.79. The first kappa shape index (κ1) is 18.0. The van der Waals surface area contributed by atoms with Crippen molar-refractivity contribution in [2.45, 2.75) is 58.3 Å².